The van der Waals surface area contributed by atoms with Gasteiger partial charge in [-0.05, 0) is 25.0 Å². The van der Waals surface area contributed by atoms with Crippen LogP contribution in [0.5, 0.6) is 5.75 Å². The Kier molecular flexibility index (Phi) is 4.71. The molecule has 1 aliphatic rings. The second kappa shape index (κ2) is 6.71. The van der Waals surface area contributed by atoms with Crippen molar-refractivity contribution in [1.29, 1.82) is 0 Å². The van der Waals surface area contributed by atoms with Crippen molar-refractivity contribution in [1.82, 2.24) is 9.78 Å². The number of aromatic nitrogens is 2. The summed E-state index contributed by atoms with van der Waals surface area (Å²) < 4.78 is 7.54. The summed E-state index contributed by atoms with van der Waals surface area (Å²) in [5.41, 5.74) is 2.10. The third kappa shape index (κ3) is 3.53. The predicted molar refractivity (Wildman–Crippen MR) is 85.3 cm³/mol. The van der Waals surface area contributed by atoms with Crippen LogP contribution in [0, 0.1) is 0 Å². The molecule has 0 aliphatic heterocycles. The molecular formula is C16H18Cl2N2O. The maximum atomic E-state index is 6.37. The van der Waals surface area contributed by atoms with Crippen molar-refractivity contribution >= 4 is 23.2 Å². The van der Waals surface area contributed by atoms with Gasteiger partial charge in [-0.15, -0.1) is 11.6 Å². The third-order valence-corrected chi connectivity index (χ3v) is 4.33. The van der Waals surface area contributed by atoms with Crippen molar-refractivity contribution in [2.24, 2.45) is 0 Å². The van der Waals surface area contributed by atoms with Gasteiger partial charge in [-0.1, -0.05) is 29.8 Å². The van der Waals surface area contributed by atoms with E-state index < -0.39 is 0 Å². The fraction of sp³-hybridized carbons (Fsp3) is 0.438. The minimum atomic E-state index is 0.436. The summed E-state index contributed by atoms with van der Waals surface area (Å²) in [5.74, 6) is 1.90. The zero-order chi connectivity index (χ0) is 14.7. The number of nitrogens with zero attached hydrogens (tertiary/aromatic N) is 2. The van der Waals surface area contributed by atoms with Crippen molar-refractivity contribution in [3.8, 4) is 5.75 Å². The topological polar surface area (TPSA) is 27.1 Å². The van der Waals surface area contributed by atoms with Crippen LogP contribution in [0.15, 0.2) is 30.3 Å². The molecule has 1 aromatic carbocycles. The molecule has 1 aliphatic carbocycles. The third-order valence-electron chi connectivity index (χ3n) is 3.64. The van der Waals surface area contributed by atoms with Gasteiger partial charge in [0.25, 0.3) is 0 Å². The second-order valence-electron chi connectivity index (χ2n) is 5.30. The van der Waals surface area contributed by atoms with E-state index >= 15 is 0 Å². The molecule has 0 radical (unpaired) electrons. The highest BCUT2D eigenvalue weighted by molar-refractivity contribution is 6.31. The summed E-state index contributed by atoms with van der Waals surface area (Å²) in [6.07, 6.45) is 3.27. The van der Waals surface area contributed by atoms with Crippen LogP contribution in [0.4, 0.5) is 0 Å². The van der Waals surface area contributed by atoms with E-state index in [1.165, 1.54) is 12.8 Å². The molecule has 1 saturated carbocycles. The van der Waals surface area contributed by atoms with E-state index in [1.54, 1.807) is 0 Å². The molecule has 0 amide bonds. The molecular weight excluding hydrogens is 307 g/mol. The van der Waals surface area contributed by atoms with Gasteiger partial charge in [0.05, 0.1) is 18.2 Å². The van der Waals surface area contributed by atoms with Crippen LogP contribution in [0.3, 0.4) is 0 Å². The number of halogens is 2. The minimum Gasteiger partial charge on any atom is -0.494 e. The molecule has 2 aromatic rings. The Hall–Kier alpha value is -1.19. The van der Waals surface area contributed by atoms with Crippen LogP contribution in [-0.2, 0) is 12.4 Å². The Morgan fingerprint density at radius 2 is 2.00 bits per heavy atom. The zero-order valence-electron chi connectivity index (χ0n) is 11.8. The van der Waals surface area contributed by atoms with Gasteiger partial charge in [0, 0.05) is 24.4 Å². The number of aryl methyl sites for hydroxylation is 1. The van der Waals surface area contributed by atoms with Crippen molar-refractivity contribution in [3.05, 3.63) is 46.7 Å². The first-order chi connectivity index (χ1) is 10.3. The molecule has 1 fully saturated rings. The number of benzene rings is 1. The molecule has 0 atom stereocenters. The van der Waals surface area contributed by atoms with E-state index in [2.05, 4.69) is 5.10 Å². The molecule has 0 N–H and O–H groups in total. The van der Waals surface area contributed by atoms with Gasteiger partial charge >= 0.3 is 0 Å². The van der Waals surface area contributed by atoms with Gasteiger partial charge in [-0.3, -0.25) is 4.68 Å². The van der Waals surface area contributed by atoms with Crippen LogP contribution < -0.4 is 4.74 Å². The zero-order valence-corrected chi connectivity index (χ0v) is 13.3. The molecule has 1 heterocycles. The highest BCUT2D eigenvalue weighted by atomic mass is 35.5. The normalized spacial score (nSPS) is 14.4. The Labute approximate surface area is 134 Å². The number of ether oxygens (including phenoxy) is 1. The Morgan fingerprint density at radius 1 is 1.24 bits per heavy atom. The minimum absolute atomic E-state index is 0.436. The fourth-order valence-corrected chi connectivity index (χ4v) is 2.99. The molecule has 112 valence electrons. The summed E-state index contributed by atoms with van der Waals surface area (Å²) in [4.78, 5) is 0. The summed E-state index contributed by atoms with van der Waals surface area (Å²) in [5, 5.41) is 5.32. The lowest BCUT2D eigenvalue weighted by molar-refractivity contribution is 0.298. The van der Waals surface area contributed by atoms with Crippen molar-refractivity contribution in [2.45, 2.75) is 37.6 Å². The monoisotopic (exact) mass is 324 g/mol. The maximum Gasteiger partial charge on any atom is 0.131 e. The van der Waals surface area contributed by atoms with E-state index in [0.717, 1.165) is 30.0 Å². The van der Waals surface area contributed by atoms with Crippen molar-refractivity contribution in [2.75, 3.05) is 6.61 Å². The number of para-hydroxylation sites is 1. The maximum absolute atomic E-state index is 6.37. The van der Waals surface area contributed by atoms with E-state index in [1.807, 2.05) is 35.0 Å². The number of alkyl halides is 1. The Balaban J connectivity index is 1.55. The van der Waals surface area contributed by atoms with Crippen molar-refractivity contribution < 1.29 is 4.74 Å². The largest absolute Gasteiger partial charge is 0.494 e. The lowest BCUT2D eigenvalue weighted by Gasteiger charge is -2.06. The first-order valence-electron chi connectivity index (χ1n) is 7.28. The summed E-state index contributed by atoms with van der Waals surface area (Å²) in [6, 6.07) is 9.82. The van der Waals surface area contributed by atoms with Crippen LogP contribution in [-0.4, -0.2) is 16.4 Å². The summed E-state index contributed by atoms with van der Waals surface area (Å²) in [7, 11) is 0. The number of hydrogen-bond acceptors (Lipinski definition) is 2. The van der Waals surface area contributed by atoms with Gasteiger partial charge in [-0.25, -0.2) is 0 Å². The fourth-order valence-electron chi connectivity index (χ4n) is 2.37. The second-order valence-corrected chi connectivity index (χ2v) is 5.93. The van der Waals surface area contributed by atoms with Crippen LogP contribution >= 0.6 is 23.2 Å². The first-order valence-corrected chi connectivity index (χ1v) is 8.19. The molecule has 0 bridgehead atoms. The van der Waals surface area contributed by atoms with Crippen LogP contribution in [0.2, 0.25) is 5.15 Å². The molecule has 3 rings (SSSR count). The van der Waals surface area contributed by atoms with Crippen LogP contribution in [0.1, 0.15) is 36.4 Å². The van der Waals surface area contributed by atoms with Gasteiger partial charge in [0.1, 0.15) is 10.9 Å². The van der Waals surface area contributed by atoms with E-state index in [4.69, 9.17) is 27.9 Å². The molecule has 5 heteroatoms. The molecule has 3 nitrogen and oxygen atoms in total. The average Bonchev–Trinajstić information content (AvgIpc) is 3.30. The van der Waals surface area contributed by atoms with E-state index in [0.29, 0.717) is 23.6 Å². The lowest BCUT2D eigenvalue weighted by atomic mass is 10.2. The standard InChI is InChI=1S/C16H18Cl2N2O/c17-11-14-15(12-7-8-12)19-20(16(14)18)9-4-10-21-13-5-2-1-3-6-13/h1-3,5-6,12H,4,7-11H2. The van der Waals surface area contributed by atoms with Crippen molar-refractivity contribution in [3.63, 3.8) is 0 Å². The molecule has 0 saturated heterocycles. The molecule has 0 spiro atoms. The highest BCUT2D eigenvalue weighted by Gasteiger charge is 2.30. The first kappa shape index (κ1) is 14.7. The summed E-state index contributed by atoms with van der Waals surface area (Å²) >= 11 is 12.4. The molecule has 21 heavy (non-hydrogen) atoms. The molecule has 1 aromatic heterocycles. The SMILES string of the molecule is ClCc1c(C2CC2)nn(CCCOc2ccccc2)c1Cl. The quantitative estimate of drug-likeness (QED) is 0.548. The van der Waals surface area contributed by atoms with Crippen LogP contribution in [0.25, 0.3) is 0 Å². The number of hydrogen-bond donors (Lipinski definition) is 0. The Bertz CT molecular complexity index is 594. The average molecular weight is 325 g/mol. The molecule has 0 unspecified atom stereocenters. The van der Waals surface area contributed by atoms with E-state index in [-0.39, 0.29) is 0 Å². The highest BCUT2D eigenvalue weighted by Crippen LogP contribution is 2.43. The summed E-state index contributed by atoms with van der Waals surface area (Å²) in [6.45, 7) is 1.40. The number of rotatable bonds is 7. The lowest BCUT2D eigenvalue weighted by Crippen LogP contribution is -2.06. The Morgan fingerprint density at radius 3 is 2.67 bits per heavy atom. The predicted octanol–water partition coefficient (Wildman–Crippen LogP) is 4.62. The van der Waals surface area contributed by atoms with E-state index in [9.17, 15) is 0 Å². The van der Waals surface area contributed by atoms with Gasteiger partial charge < -0.3 is 4.74 Å². The van der Waals surface area contributed by atoms with Gasteiger partial charge in [0.2, 0.25) is 0 Å². The van der Waals surface area contributed by atoms with Gasteiger partial charge in [0.15, 0.2) is 0 Å². The smallest absolute Gasteiger partial charge is 0.131 e. The van der Waals surface area contributed by atoms with Gasteiger partial charge in [-0.2, -0.15) is 5.10 Å².